The molecule has 1 heterocycles. The van der Waals surface area contributed by atoms with E-state index < -0.39 is 0 Å². The van der Waals surface area contributed by atoms with Gasteiger partial charge < -0.3 is 11.1 Å². The molecule has 0 fully saturated rings. The molecule has 4 aromatic rings. The predicted molar refractivity (Wildman–Crippen MR) is 109 cm³/mol. The lowest BCUT2D eigenvalue weighted by atomic mass is 10.0. The van der Waals surface area contributed by atoms with E-state index in [4.69, 9.17) is 5.73 Å². The van der Waals surface area contributed by atoms with Gasteiger partial charge in [-0.1, -0.05) is 60.7 Å². The van der Waals surface area contributed by atoms with E-state index in [0.29, 0.717) is 0 Å². The van der Waals surface area contributed by atoms with Crippen molar-refractivity contribution in [1.82, 2.24) is 0 Å². The van der Waals surface area contributed by atoms with Crippen LogP contribution >= 0.6 is 11.3 Å². The number of para-hydroxylation sites is 3. The summed E-state index contributed by atoms with van der Waals surface area (Å²) in [5, 5.41) is 5.63. The van der Waals surface area contributed by atoms with Crippen molar-refractivity contribution in [3.8, 4) is 21.6 Å². The molecule has 25 heavy (non-hydrogen) atoms. The maximum Gasteiger partial charge on any atom is 0.0618 e. The molecule has 0 atom stereocenters. The number of anilines is 3. The summed E-state index contributed by atoms with van der Waals surface area (Å²) in [5.74, 6) is 0. The Bertz CT molecular complexity index is 990. The van der Waals surface area contributed by atoms with Crippen LogP contribution in [0.1, 0.15) is 0 Å². The largest absolute Gasteiger partial charge is 0.397 e. The van der Waals surface area contributed by atoms with E-state index >= 15 is 0 Å². The summed E-state index contributed by atoms with van der Waals surface area (Å²) in [6, 6.07) is 28.9. The predicted octanol–water partition coefficient (Wildman–Crippen LogP) is 6.41. The lowest BCUT2D eigenvalue weighted by molar-refractivity contribution is 1.54. The van der Waals surface area contributed by atoms with E-state index in [1.165, 1.54) is 21.6 Å². The van der Waals surface area contributed by atoms with Crippen LogP contribution in [0.4, 0.5) is 17.1 Å². The highest BCUT2D eigenvalue weighted by molar-refractivity contribution is 7.14. The molecule has 0 saturated carbocycles. The number of nitrogens with two attached hydrogens (primary N) is 1. The molecule has 0 spiro atoms. The molecule has 1 aromatic heterocycles. The zero-order chi connectivity index (χ0) is 17.1. The van der Waals surface area contributed by atoms with Gasteiger partial charge in [-0.2, -0.15) is 0 Å². The molecule has 0 aliphatic carbocycles. The molecular formula is C22H18N2S. The summed E-state index contributed by atoms with van der Waals surface area (Å²) in [6.07, 6.45) is 0. The van der Waals surface area contributed by atoms with E-state index in [9.17, 15) is 0 Å². The Morgan fingerprint density at radius 3 is 2.12 bits per heavy atom. The highest BCUT2D eigenvalue weighted by Crippen LogP contribution is 2.41. The molecule has 3 aromatic carbocycles. The molecule has 4 rings (SSSR count). The molecule has 3 N–H and O–H groups in total. The highest BCUT2D eigenvalue weighted by atomic mass is 32.1. The second-order valence-electron chi connectivity index (χ2n) is 5.79. The van der Waals surface area contributed by atoms with E-state index in [2.05, 4.69) is 59.2 Å². The van der Waals surface area contributed by atoms with E-state index in [-0.39, 0.29) is 0 Å². The van der Waals surface area contributed by atoms with Gasteiger partial charge in [-0.05, 0) is 35.2 Å². The van der Waals surface area contributed by atoms with Gasteiger partial charge >= 0.3 is 0 Å². The molecule has 0 aliphatic heterocycles. The minimum atomic E-state index is 0.742. The average molecular weight is 342 g/mol. The van der Waals surface area contributed by atoms with Crippen LogP contribution in [0.15, 0.2) is 90.3 Å². The summed E-state index contributed by atoms with van der Waals surface area (Å²) < 4.78 is 0. The quantitative estimate of drug-likeness (QED) is 0.421. The molecule has 0 aliphatic rings. The lowest BCUT2D eigenvalue weighted by Crippen LogP contribution is -1.97. The van der Waals surface area contributed by atoms with Crippen molar-refractivity contribution >= 4 is 28.4 Å². The van der Waals surface area contributed by atoms with Gasteiger partial charge in [-0.15, -0.1) is 11.3 Å². The lowest BCUT2D eigenvalue weighted by Gasteiger charge is -2.14. The fourth-order valence-electron chi connectivity index (χ4n) is 2.91. The minimum Gasteiger partial charge on any atom is -0.397 e. The third kappa shape index (κ3) is 3.14. The maximum absolute atomic E-state index is 6.10. The molecule has 0 bridgehead atoms. The monoisotopic (exact) mass is 342 g/mol. The standard InChI is InChI=1S/C22H18N2S/c23-19-11-5-7-13-21(19)24-20-12-6-4-10-18(20)22-17(14-15-25-22)16-8-2-1-3-9-16/h1-15,24H,23H2. The maximum atomic E-state index is 6.10. The summed E-state index contributed by atoms with van der Waals surface area (Å²) in [4.78, 5) is 1.25. The van der Waals surface area contributed by atoms with Crippen LogP contribution in [0.2, 0.25) is 0 Å². The van der Waals surface area contributed by atoms with E-state index in [1.54, 1.807) is 11.3 Å². The van der Waals surface area contributed by atoms with Gasteiger partial charge in [0.15, 0.2) is 0 Å². The van der Waals surface area contributed by atoms with Gasteiger partial charge in [-0.3, -0.25) is 0 Å². The van der Waals surface area contributed by atoms with Gasteiger partial charge in [0.1, 0.15) is 0 Å². The molecule has 0 amide bonds. The zero-order valence-electron chi connectivity index (χ0n) is 13.6. The van der Waals surface area contributed by atoms with Crippen LogP contribution in [0.25, 0.3) is 21.6 Å². The molecular weight excluding hydrogens is 324 g/mol. The van der Waals surface area contributed by atoms with Gasteiger partial charge in [-0.25, -0.2) is 0 Å². The third-order valence-corrected chi connectivity index (χ3v) is 5.10. The number of benzene rings is 3. The Labute approximate surface area is 151 Å². The van der Waals surface area contributed by atoms with Crippen molar-refractivity contribution < 1.29 is 0 Å². The van der Waals surface area contributed by atoms with Crippen LogP contribution < -0.4 is 11.1 Å². The summed E-state index contributed by atoms with van der Waals surface area (Å²) in [5.41, 5.74) is 12.5. The number of hydrogen-bond acceptors (Lipinski definition) is 3. The number of nitrogen functional groups attached to an aromatic ring is 1. The van der Waals surface area contributed by atoms with Crippen LogP contribution in [0, 0.1) is 0 Å². The topological polar surface area (TPSA) is 38.0 Å². The Morgan fingerprint density at radius 2 is 1.32 bits per heavy atom. The average Bonchev–Trinajstić information content (AvgIpc) is 3.14. The Morgan fingerprint density at radius 1 is 0.640 bits per heavy atom. The smallest absolute Gasteiger partial charge is 0.0618 e. The van der Waals surface area contributed by atoms with Crippen molar-refractivity contribution in [1.29, 1.82) is 0 Å². The minimum absolute atomic E-state index is 0.742. The normalized spacial score (nSPS) is 10.6. The van der Waals surface area contributed by atoms with E-state index in [0.717, 1.165) is 17.1 Å². The molecule has 122 valence electrons. The third-order valence-electron chi connectivity index (χ3n) is 4.15. The summed E-state index contributed by atoms with van der Waals surface area (Å²) in [7, 11) is 0. The van der Waals surface area contributed by atoms with Crippen molar-refractivity contribution in [3.63, 3.8) is 0 Å². The fourth-order valence-corrected chi connectivity index (χ4v) is 3.87. The Balaban J connectivity index is 1.79. The van der Waals surface area contributed by atoms with Gasteiger partial charge in [0.25, 0.3) is 0 Å². The first-order valence-electron chi connectivity index (χ1n) is 8.17. The van der Waals surface area contributed by atoms with Crippen LogP contribution in [-0.2, 0) is 0 Å². The molecule has 0 saturated heterocycles. The first kappa shape index (κ1) is 15.5. The van der Waals surface area contributed by atoms with Crippen molar-refractivity contribution in [2.45, 2.75) is 0 Å². The number of rotatable bonds is 4. The molecule has 0 radical (unpaired) electrons. The zero-order valence-corrected chi connectivity index (χ0v) is 14.5. The SMILES string of the molecule is Nc1ccccc1Nc1ccccc1-c1sccc1-c1ccccc1. The fraction of sp³-hybridized carbons (Fsp3) is 0. The first-order chi connectivity index (χ1) is 12.3. The van der Waals surface area contributed by atoms with Crippen molar-refractivity contribution in [2.24, 2.45) is 0 Å². The number of hydrogen-bond donors (Lipinski definition) is 2. The summed E-state index contributed by atoms with van der Waals surface area (Å²) >= 11 is 1.76. The van der Waals surface area contributed by atoms with Gasteiger partial charge in [0, 0.05) is 21.7 Å². The van der Waals surface area contributed by atoms with Crippen LogP contribution in [0.3, 0.4) is 0 Å². The highest BCUT2D eigenvalue weighted by Gasteiger charge is 2.13. The second kappa shape index (κ2) is 6.83. The van der Waals surface area contributed by atoms with E-state index in [1.807, 2.05) is 36.4 Å². The molecule has 0 unspecified atom stereocenters. The van der Waals surface area contributed by atoms with Gasteiger partial charge in [0.05, 0.1) is 11.4 Å². The first-order valence-corrected chi connectivity index (χ1v) is 9.05. The van der Waals surface area contributed by atoms with Crippen LogP contribution in [-0.4, -0.2) is 0 Å². The summed E-state index contributed by atoms with van der Waals surface area (Å²) in [6.45, 7) is 0. The van der Waals surface area contributed by atoms with Crippen molar-refractivity contribution in [3.05, 3.63) is 90.3 Å². The Kier molecular flexibility index (Phi) is 4.23. The Hall–Kier alpha value is -3.04. The molecule has 3 heteroatoms. The van der Waals surface area contributed by atoms with Crippen LogP contribution in [0.5, 0.6) is 0 Å². The second-order valence-corrected chi connectivity index (χ2v) is 6.70. The number of nitrogens with one attached hydrogen (secondary N) is 1. The molecule has 2 nitrogen and oxygen atoms in total. The number of thiophene rings is 1. The van der Waals surface area contributed by atoms with Gasteiger partial charge in [0.2, 0.25) is 0 Å². The van der Waals surface area contributed by atoms with Crippen molar-refractivity contribution in [2.75, 3.05) is 11.1 Å².